The third-order valence-corrected chi connectivity index (χ3v) is 8.42. The van der Waals surface area contributed by atoms with E-state index in [1.165, 1.54) is 10.8 Å². The van der Waals surface area contributed by atoms with Gasteiger partial charge in [0.1, 0.15) is 29.3 Å². The number of rotatable bonds is 4. The van der Waals surface area contributed by atoms with Gasteiger partial charge in [-0.25, -0.2) is 9.59 Å². The molecule has 3 aliphatic heterocycles. The quantitative estimate of drug-likeness (QED) is 0.303. The average molecular weight is 597 g/mol. The van der Waals surface area contributed by atoms with E-state index >= 15 is 0 Å². The number of benzene rings is 1. The number of nitrogens with zero attached hydrogens (tertiary/aromatic N) is 1. The molecule has 0 aliphatic carbocycles. The maximum atomic E-state index is 12.3. The Hall–Kier alpha value is -3.67. The number of aliphatic hydroxyl groups is 2. The van der Waals surface area contributed by atoms with Crippen LogP contribution in [0.25, 0.3) is 11.0 Å². The minimum Gasteiger partial charge on any atom is -0.489 e. The Morgan fingerprint density at radius 2 is 1.88 bits per heavy atom. The summed E-state index contributed by atoms with van der Waals surface area (Å²) in [6.07, 6.45) is 6.26. The fraction of sp³-hybridized carbons (Fsp3) is 0.531. The van der Waals surface area contributed by atoms with Gasteiger partial charge in [0, 0.05) is 29.3 Å². The van der Waals surface area contributed by atoms with Crippen molar-refractivity contribution in [3.8, 4) is 11.5 Å². The first kappa shape index (κ1) is 30.8. The smallest absolute Gasteiger partial charge is 0.336 e. The zero-order valence-corrected chi connectivity index (χ0v) is 25.4. The highest BCUT2D eigenvalue weighted by atomic mass is 16.5. The number of hydrogen-bond acceptors (Lipinski definition) is 9. The molecule has 11 heteroatoms. The third kappa shape index (κ3) is 5.81. The fourth-order valence-corrected chi connectivity index (χ4v) is 5.80. The first-order valence-electron chi connectivity index (χ1n) is 14.8. The van der Waals surface area contributed by atoms with E-state index in [4.69, 9.17) is 23.7 Å². The van der Waals surface area contributed by atoms with E-state index in [-0.39, 0.29) is 24.2 Å². The topological polar surface area (TPSA) is 153 Å². The Morgan fingerprint density at radius 1 is 1.14 bits per heavy atom. The Bertz CT molecular complexity index is 1730. The van der Waals surface area contributed by atoms with Crippen LogP contribution in [-0.4, -0.2) is 44.2 Å². The lowest BCUT2D eigenvalue weighted by Crippen LogP contribution is -2.36. The molecule has 0 fully saturated rings. The van der Waals surface area contributed by atoms with Gasteiger partial charge in [-0.15, -0.1) is 0 Å². The molecule has 232 valence electrons. The highest BCUT2D eigenvalue weighted by Gasteiger charge is 2.41. The Kier molecular flexibility index (Phi) is 8.43. The maximum Gasteiger partial charge on any atom is 0.336 e. The molecule has 0 unspecified atom stereocenters. The average Bonchev–Trinajstić information content (AvgIpc) is 3.42. The maximum absolute atomic E-state index is 12.3. The third-order valence-electron chi connectivity index (χ3n) is 8.42. The molecule has 11 nitrogen and oxygen atoms in total. The Labute approximate surface area is 248 Å². The highest BCUT2D eigenvalue weighted by Crippen LogP contribution is 2.52. The van der Waals surface area contributed by atoms with Crippen LogP contribution in [0.15, 0.2) is 43.2 Å². The van der Waals surface area contributed by atoms with Gasteiger partial charge in [-0.1, -0.05) is 26.3 Å². The zero-order chi connectivity index (χ0) is 31.2. The predicted molar refractivity (Wildman–Crippen MR) is 160 cm³/mol. The minimum atomic E-state index is -0.744. The Balaban J connectivity index is 0.000000196. The van der Waals surface area contributed by atoms with Gasteiger partial charge in [-0.2, -0.15) is 0 Å². The van der Waals surface area contributed by atoms with Gasteiger partial charge in [0.05, 0.1) is 23.7 Å². The van der Waals surface area contributed by atoms with Gasteiger partial charge in [-0.05, 0) is 58.6 Å². The standard InChI is InChI=1S/C22H28O5.C10H12N2O4/c1-6-7-13-10-15(23)26-21-16(13)20-14(8-9-22(4,5)27-20)19-17(21)18(24)11(2)12(3)25-19;1-6-4-12(10(15)11-9(6)14)8-3-2-7(5-13)16-8/h10-12,18,24H,6-9H2,1-5H3;2-4,7-8,13H,5H2,1H3,(H,11,14,15)/t11-,12-,18-;7-,8+/m00/s1. The SMILES string of the molecule is CCCc1cc(=O)oc2c3c(c4c(c12)OC(C)(C)CC4)O[C@@H](C)[C@H](C)[C@@H]3O.Cc1cn([C@H]2C=C[C@@H](CO)O2)c(=O)[nH]c1=O. The van der Waals surface area contributed by atoms with Crippen molar-refractivity contribution < 1.29 is 28.8 Å². The second-order valence-electron chi connectivity index (χ2n) is 12.2. The van der Waals surface area contributed by atoms with Crippen molar-refractivity contribution in [1.82, 2.24) is 9.55 Å². The first-order chi connectivity index (χ1) is 20.3. The van der Waals surface area contributed by atoms with Crippen LogP contribution in [0.1, 0.15) is 82.0 Å². The van der Waals surface area contributed by atoms with Crippen molar-refractivity contribution in [3.63, 3.8) is 0 Å². The van der Waals surface area contributed by atoms with Crippen LogP contribution < -0.4 is 26.3 Å². The molecule has 3 aromatic rings. The van der Waals surface area contributed by atoms with Crippen LogP contribution in [0.3, 0.4) is 0 Å². The minimum absolute atomic E-state index is 0.0974. The van der Waals surface area contributed by atoms with Crippen molar-refractivity contribution in [2.24, 2.45) is 5.92 Å². The number of fused-ring (bicyclic) bond motifs is 6. The first-order valence-corrected chi connectivity index (χ1v) is 14.8. The zero-order valence-electron chi connectivity index (χ0n) is 25.4. The molecule has 3 aliphatic rings. The molecule has 0 bridgehead atoms. The lowest BCUT2D eigenvalue weighted by molar-refractivity contribution is -0.0104. The van der Waals surface area contributed by atoms with Crippen molar-refractivity contribution in [3.05, 3.63) is 77.9 Å². The van der Waals surface area contributed by atoms with Gasteiger partial charge in [0.15, 0.2) is 11.8 Å². The van der Waals surface area contributed by atoms with Crippen LogP contribution in [0, 0.1) is 12.8 Å². The number of aliphatic hydroxyl groups excluding tert-OH is 2. The summed E-state index contributed by atoms with van der Waals surface area (Å²) in [5, 5.41) is 20.7. The molecule has 0 saturated carbocycles. The summed E-state index contributed by atoms with van der Waals surface area (Å²) in [6.45, 7) is 11.6. The van der Waals surface area contributed by atoms with E-state index in [0.29, 0.717) is 22.5 Å². The summed E-state index contributed by atoms with van der Waals surface area (Å²) in [5.41, 5.74) is 1.73. The van der Waals surface area contributed by atoms with E-state index in [0.717, 1.165) is 47.9 Å². The molecule has 6 rings (SSSR count). The number of aromatic amines is 1. The van der Waals surface area contributed by atoms with E-state index < -0.39 is 35.3 Å². The van der Waals surface area contributed by atoms with Crippen LogP contribution in [0.5, 0.6) is 11.5 Å². The summed E-state index contributed by atoms with van der Waals surface area (Å²) < 4.78 is 24.9. The van der Waals surface area contributed by atoms with Gasteiger partial charge in [0.25, 0.3) is 5.56 Å². The van der Waals surface area contributed by atoms with Crippen LogP contribution in [0.4, 0.5) is 0 Å². The van der Waals surface area contributed by atoms with Gasteiger partial charge >= 0.3 is 11.3 Å². The van der Waals surface area contributed by atoms with Gasteiger partial charge in [0.2, 0.25) is 0 Å². The lowest BCUT2D eigenvalue weighted by atomic mass is 9.83. The highest BCUT2D eigenvalue weighted by molar-refractivity contribution is 5.94. The van der Waals surface area contributed by atoms with E-state index in [2.05, 4.69) is 25.8 Å². The number of hydrogen-bond donors (Lipinski definition) is 3. The van der Waals surface area contributed by atoms with Crippen molar-refractivity contribution in [1.29, 1.82) is 0 Å². The summed E-state index contributed by atoms with van der Waals surface area (Å²) in [5.74, 6) is 1.30. The molecular formula is C32H40N2O9. The molecule has 2 aromatic heterocycles. The monoisotopic (exact) mass is 596 g/mol. The molecule has 43 heavy (non-hydrogen) atoms. The lowest BCUT2D eigenvalue weighted by Gasteiger charge is -2.39. The number of ether oxygens (including phenoxy) is 3. The molecule has 0 amide bonds. The summed E-state index contributed by atoms with van der Waals surface area (Å²) in [7, 11) is 0. The van der Waals surface area contributed by atoms with Gasteiger partial charge in [-0.3, -0.25) is 14.3 Å². The molecule has 3 N–H and O–H groups in total. The second kappa shape index (κ2) is 11.8. The summed E-state index contributed by atoms with van der Waals surface area (Å²) in [4.78, 5) is 37.1. The van der Waals surface area contributed by atoms with Crippen LogP contribution >= 0.6 is 0 Å². The molecule has 1 aromatic carbocycles. The number of aryl methyl sites for hydroxylation is 2. The number of aromatic nitrogens is 2. The molecule has 0 radical (unpaired) electrons. The normalized spacial score (nSPS) is 25.3. The molecular weight excluding hydrogens is 556 g/mol. The van der Waals surface area contributed by atoms with Gasteiger partial charge < -0.3 is 28.8 Å². The van der Waals surface area contributed by atoms with E-state index in [1.54, 1.807) is 25.1 Å². The summed E-state index contributed by atoms with van der Waals surface area (Å²) >= 11 is 0. The predicted octanol–water partition coefficient (Wildman–Crippen LogP) is 3.59. The molecule has 0 spiro atoms. The fourth-order valence-electron chi connectivity index (χ4n) is 5.80. The number of nitrogens with one attached hydrogen (secondary N) is 1. The van der Waals surface area contributed by atoms with E-state index in [1.807, 2.05) is 13.8 Å². The van der Waals surface area contributed by atoms with Crippen molar-refractivity contribution in [2.75, 3.05) is 6.61 Å². The van der Waals surface area contributed by atoms with Crippen LogP contribution in [0.2, 0.25) is 0 Å². The largest absolute Gasteiger partial charge is 0.489 e. The summed E-state index contributed by atoms with van der Waals surface area (Å²) in [6, 6.07) is 1.56. The second-order valence-corrected chi connectivity index (χ2v) is 12.2. The molecule has 5 atom stereocenters. The molecule has 5 heterocycles. The number of H-pyrrole nitrogens is 1. The molecule has 0 saturated heterocycles. The van der Waals surface area contributed by atoms with Crippen LogP contribution in [-0.2, 0) is 17.6 Å². The van der Waals surface area contributed by atoms with Crippen molar-refractivity contribution in [2.45, 2.75) is 97.4 Å². The van der Waals surface area contributed by atoms with Crippen molar-refractivity contribution >= 4 is 11.0 Å². The Morgan fingerprint density at radius 3 is 2.56 bits per heavy atom. The van der Waals surface area contributed by atoms with E-state index in [9.17, 15) is 19.5 Å².